The molecule has 0 aliphatic carbocycles. The van der Waals surface area contributed by atoms with Crippen LogP contribution in [0.5, 0.6) is 0 Å². The fourth-order valence-electron chi connectivity index (χ4n) is 4.20. The summed E-state index contributed by atoms with van der Waals surface area (Å²) in [6.07, 6.45) is 4.53. The molecule has 4 heteroatoms. The number of nitrogens with one attached hydrogen (secondary N) is 1. The molecule has 0 radical (unpaired) electrons. The highest BCUT2D eigenvalue weighted by Crippen LogP contribution is 2.25. The topological polar surface area (TPSA) is 49.4 Å². The molecule has 1 aromatic carbocycles. The zero-order chi connectivity index (χ0) is 18.5. The van der Waals surface area contributed by atoms with E-state index < -0.39 is 0 Å². The molecule has 2 saturated heterocycles. The van der Waals surface area contributed by atoms with Gasteiger partial charge in [-0.05, 0) is 56.7 Å². The molecule has 0 saturated carbocycles. The maximum atomic E-state index is 12.8. The number of rotatable bonds is 5. The number of likely N-dealkylation sites (tertiary alicyclic amines) is 1. The fourth-order valence-corrected chi connectivity index (χ4v) is 4.20. The molecule has 2 aliphatic heterocycles. The number of hydrogen-bond acceptors (Lipinski definition) is 3. The van der Waals surface area contributed by atoms with Gasteiger partial charge in [0.2, 0.25) is 5.91 Å². The van der Waals surface area contributed by atoms with Crippen molar-refractivity contribution in [1.82, 2.24) is 10.2 Å². The average molecular weight is 357 g/mol. The minimum atomic E-state index is 0.0584. The molecular formula is C22H32N2O2. The lowest BCUT2D eigenvalue weighted by Gasteiger charge is -2.35. The Morgan fingerprint density at radius 3 is 2.19 bits per heavy atom. The Labute approximate surface area is 157 Å². The molecule has 4 nitrogen and oxygen atoms in total. The molecule has 142 valence electrons. The second kappa shape index (κ2) is 8.81. The Morgan fingerprint density at radius 1 is 1.00 bits per heavy atom. The predicted molar refractivity (Wildman–Crippen MR) is 104 cm³/mol. The third-order valence-electron chi connectivity index (χ3n) is 5.75. The summed E-state index contributed by atoms with van der Waals surface area (Å²) >= 11 is 0. The first-order valence-electron chi connectivity index (χ1n) is 10.2. The van der Waals surface area contributed by atoms with Crippen LogP contribution in [-0.4, -0.2) is 42.8 Å². The van der Waals surface area contributed by atoms with E-state index in [1.54, 1.807) is 0 Å². The maximum absolute atomic E-state index is 12.8. The fraction of sp³-hybridized carbons (Fsp3) is 0.636. The van der Waals surface area contributed by atoms with E-state index in [0.717, 1.165) is 63.8 Å². The molecule has 2 heterocycles. The van der Waals surface area contributed by atoms with Crippen molar-refractivity contribution in [1.29, 1.82) is 0 Å². The second-order valence-corrected chi connectivity index (χ2v) is 8.28. The lowest BCUT2D eigenvalue weighted by molar-refractivity contribution is -0.137. The number of ketones is 1. The van der Waals surface area contributed by atoms with Crippen molar-refractivity contribution in [3.05, 3.63) is 35.4 Å². The Kier molecular flexibility index (Phi) is 6.47. The molecular weight excluding hydrogens is 324 g/mol. The quantitative estimate of drug-likeness (QED) is 0.824. The summed E-state index contributed by atoms with van der Waals surface area (Å²) in [7, 11) is 0. The standard InChI is InChI=1S/C22H32N2O2/c1-16(2)15-17-3-5-18(6-4-17)21(25)19-9-13-24(14-10-19)22(26)20-7-11-23-12-8-20/h3-6,16,19-20,23H,7-15H2,1-2H3. The SMILES string of the molecule is CC(C)Cc1ccc(C(=O)C2CCN(C(=O)C3CCNCC3)CC2)cc1. The van der Waals surface area contributed by atoms with Crippen LogP contribution in [-0.2, 0) is 11.2 Å². The van der Waals surface area contributed by atoms with Crippen molar-refractivity contribution in [2.24, 2.45) is 17.8 Å². The van der Waals surface area contributed by atoms with Crippen LogP contribution in [0.1, 0.15) is 55.5 Å². The minimum Gasteiger partial charge on any atom is -0.342 e. The Hall–Kier alpha value is -1.68. The van der Waals surface area contributed by atoms with Crippen molar-refractivity contribution in [3.63, 3.8) is 0 Å². The van der Waals surface area contributed by atoms with E-state index >= 15 is 0 Å². The molecule has 0 spiro atoms. The number of carbonyl (C=O) groups excluding carboxylic acids is 2. The van der Waals surface area contributed by atoms with Crippen molar-refractivity contribution >= 4 is 11.7 Å². The highest BCUT2D eigenvalue weighted by Gasteiger charge is 2.31. The normalized spacial score (nSPS) is 19.7. The maximum Gasteiger partial charge on any atom is 0.225 e. The van der Waals surface area contributed by atoms with Crippen molar-refractivity contribution in [3.8, 4) is 0 Å². The molecule has 1 amide bonds. The van der Waals surface area contributed by atoms with Crippen LogP contribution in [0.15, 0.2) is 24.3 Å². The van der Waals surface area contributed by atoms with Crippen molar-refractivity contribution in [2.75, 3.05) is 26.2 Å². The van der Waals surface area contributed by atoms with Gasteiger partial charge in [0.15, 0.2) is 5.78 Å². The molecule has 2 fully saturated rings. The molecule has 1 N–H and O–H groups in total. The third-order valence-corrected chi connectivity index (χ3v) is 5.75. The lowest BCUT2D eigenvalue weighted by Crippen LogP contribution is -2.45. The van der Waals surface area contributed by atoms with Crippen molar-refractivity contribution < 1.29 is 9.59 Å². The van der Waals surface area contributed by atoms with Gasteiger partial charge < -0.3 is 10.2 Å². The Balaban J connectivity index is 1.52. The van der Waals surface area contributed by atoms with Gasteiger partial charge in [0.05, 0.1) is 0 Å². The summed E-state index contributed by atoms with van der Waals surface area (Å²) in [5.41, 5.74) is 2.11. The number of hydrogen-bond donors (Lipinski definition) is 1. The smallest absolute Gasteiger partial charge is 0.225 e. The first-order chi connectivity index (χ1) is 12.5. The number of benzene rings is 1. The zero-order valence-corrected chi connectivity index (χ0v) is 16.2. The highest BCUT2D eigenvalue weighted by atomic mass is 16.2. The van der Waals surface area contributed by atoms with Gasteiger partial charge in [-0.3, -0.25) is 9.59 Å². The van der Waals surface area contributed by atoms with Crippen LogP contribution >= 0.6 is 0 Å². The number of piperidine rings is 2. The summed E-state index contributed by atoms with van der Waals surface area (Å²) in [4.78, 5) is 27.4. The first-order valence-corrected chi connectivity index (χ1v) is 10.2. The number of carbonyl (C=O) groups is 2. The Bertz CT molecular complexity index is 610. The monoisotopic (exact) mass is 356 g/mol. The molecule has 3 rings (SSSR count). The molecule has 0 unspecified atom stereocenters. The van der Waals surface area contributed by atoms with Gasteiger partial charge in [0.1, 0.15) is 0 Å². The number of Topliss-reactive ketones (excluding diaryl/α,β-unsaturated/α-hetero) is 1. The predicted octanol–water partition coefficient (Wildman–Crippen LogP) is 3.31. The molecule has 26 heavy (non-hydrogen) atoms. The number of nitrogens with zero attached hydrogens (tertiary/aromatic N) is 1. The lowest BCUT2D eigenvalue weighted by atomic mass is 9.87. The molecule has 1 aromatic rings. The summed E-state index contributed by atoms with van der Waals surface area (Å²) in [5.74, 6) is 1.41. The van der Waals surface area contributed by atoms with E-state index in [0.29, 0.717) is 11.8 Å². The van der Waals surface area contributed by atoms with Gasteiger partial charge in [-0.1, -0.05) is 38.1 Å². The minimum absolute atomic E-state index is 0.0584. The molecule has 0 atom stereocenters. The van der Waals surface area contributed by atoms with Crippen LogP contribution in [0.25, 0.3) is 0 Å². The molecule has 0 bridgehead atoms. The van der Waals surface area contributed by atoms with Gasteiger partial charge in [0.25, 0.3) is 0 Å². The van der Waals surface area contributed by atoms with E-state index in [4.69, 9.17) is 0 Å². The van der Waals surface area contributed by atoms with E-state index in [1.165, 1.54) is 5.56 Å². The summed E-state index contributed by atoms with van der Waals surface area (Å²) in [5, 5.41) is 3.31. The Morgan fingerprint density at radius 2 is 1.62 bits per heavy atom. The summed E-state index contributed by atoms with van der Waals surface area (Å²) in [6, 6.07) is 8.13. The van der Waals surface area contributed by atoms with E-state index in [9.17, 15) is 9.59 Å². The largest absolute Gasteiger partial charge is 0.342 e. The molecule has 2 aliphatic rings. The van der Waals surface area contributed by atoms with E-state index in [1.807, 2.05) is 17.0 Å². The van der Waals surface area contributed by atoms with Gasteiger partial charge in [-0.15, -0.1) is 0 Å². The van der Waals surface area contributed by atoms with Gasteiger partial charge in [0, 0.05) is 30.5 Å². The van der Waals surface area contributed by atoms with E-state index in [2.05, 4.69) is 31.3 Å². The van der Waals surface area contributed by atoms with Crippen molar-refractivity contribution in [2.45, 2.75) is 46.0 Å². The molecule has 0 aromatic heterocycles. The summed E-state index contributed by atoms with van der Waals surface area (Å²) in [6.45, 7) is 7.75. The number of amides is 1. The van der Waals surface area contributed by atoms with Crippen LogP contribution < -0.4 is 5.32 Å². The van der Waals surface area contributed by atoms with Crippen LogP contribution in [0, 0.1) is 17.8 Å². The zero-order valence-electron chi connectivity index (χ0n) is 16.2. The first kappa shape index (κ1) is 19.1. The second-order valence-electron chi connectivity index (χ2n) is 8.28. The van der Waals surface area contributed by atoms with Gasteiger partial charge in [-0.25, -0.2) is 0 Å². The van der Waals surface area contributed by atoms with Gasteiger partial charge in [-0.2, -0.15) is 0 Å². The third kappa shape index (κ3) is 4.73. The van der Waals surface area contributed by atoms with Crippen LogP contribution in [0.4, 0.5) is 0 Å². The summed E-state index contributed by atoms with van der Waals surface area (Å²) < 4.78 is 0. The van der Waals surface area contributed by atoms with Crippen LogP contribution in [0.3, 0.4) is 0 Å². The average Bonchev–Trinajstić information content (AvgIpc) is 2.68. The van der Waals surface area contributed by atoms with Crippen LogP contribution in [0.2, 0.25) is 0 Å². The van der Waals surface area contributed by atoms with E-state index in [-0.39, 0.29) is 17.6 Å². The highest BCUT2D eigenvalue weighted by molar-refractivity contribution is 5.98. The van der Waals surface area contributed by atoms with Gasteiger partial charge >= 0.3 is 0 Å².